The number of nitrogens with one attached hydrogen (secondary N) is 2. The summed E-state index contributed by atoms with van der Waals surface area (Å²) in [6.45, 7) is 8.64. The second-order valence-corrected chi connectivity index (χ2v) is 6.10. The van der Waals surface area contributed by atoms with Gasteiger partial charge in [-0.1, -0.05) is 42.8 Å². The average molecular weight is 340 g/mol. The van der Waals surface area contributed by atoms with E-state index >= 15 is 0 Å². The minimum atomic E-state index is 0.409. The molecule has 1 aromatic carbocycles. The Hall–Kier alpha value is -2.56. The molecule has 1 unspecified atom stereocenters. The van der Waals surface area contributed by atoms with E-state index in [0.717, 1.165) is 24.6 Å². The molecular weight excluding hydrogens is 312 g/mol. The van der Waals surface area contributed by atoms with Gasteiger partial charge < -0.3 is 15.4 Å². The van der Waals surface area contributed by atoms with E-state index in [4.69, 9.17) is 4.74 Å². The molecule has 0 amide bonds. The van der Waals surface area contributed by atoms with E-state index in [9.17, 15) is 0 Å². The first-order valence-electron chi connectivity index (χ1n) is 8.70. The van der Waals surface area contributed by atoms with Crippen LogP contribution in [0.3, 0.4) is 0 Å². The highest BCUT2D eigenvalue weighted by molar-refractivity contribution is 5.79. The van der Waals surface area contributed by atoms with Gasteiger partial charge in [0.05, 0.1) is 13.7 Å². The molecule has 0 radical (unpaired) electrons. The number of aryl methyl sites for hydroxylation is 1. The smallest absolute Gasteiger partial charge is 0.212 e. The molecule has 0 spiro atoms. The van der Waals surface area contributed by atoms with Crippen LogP contribution in [-0.4, -0.2) is 31.1 Å². The summed E-state index contributed by atoms with van der Waals surface area (Å²) in [6.07, 6.45) is 1.79. The minimum absolute atomic E-state index is 0.409. The highest BCUT2D eigenvalue weighted by atomic mass is 16.5. The van der Waals surface area contributed by atoms with E-state index in [1.165, 1.54) is 11.1 Å². The van der Waals surface area contributed by atoms with Crippen LogP contribution < -0.4 is 15.4 Å². The van der Waals surface area contributed by atoms with Crippen molar-refractivity contribution >= 4 is 5.96 Å². The summed E-state index contributed by atoms with van der Waals surface area (Å²) in [7, 11) is 1.61. The molecule has 2 rings (SSSR count). The predicted molar refractivity (Wildman–Crippen MR) is 103 cm³/mol. The zero-order valence-corrected chi connectivity index (χ0v) is 15.5. The van der Waals surface area contributed by atoms with Gasteiger partial charge in [-0.05, 0) is 30.9 Å². The number of aromatic nitrogens is 1. The zero-order chi connectivity index (χ0) is 18.1. The third kappa shape index (κ3) is 6.10. The largest absolute Gasteiger partial charge is 0.481 e. The molecule has 5 nitrogen and oxygen atoms in total. The molecule has 1 heterocycles. The van der Waals surface area contributed by atoms with Gasteiger partial charge in [0, 0.05) is 25.4 Å². The number of benzene rings is 1. The maximum Gasteiger partial charge on any atom is 0.212 e. The van der Waals surface area contributed by atoms with E-state index in [-0.39, 0.29) is 0 Å². The normalized spacial score (nSPS) is 12.6. The second-order valence-electron chi connectivity index (χ2n) is 6.10. The fourth-order valence-corrected chi connectivity index (χ4v) is 2.48. The number of nitrogens with zero attached hydrogens (tertiary/aromatic N) is 2. The Labute approximate surface area is 150 Å². The van der Waals surface area contributed by atoms with E-state index in [1.54, 1.807) is 13.3 Å². The first kappa shape index (κ1) is 18.8. The topological polar surface area (TPSA) is 58.5 Å². The molecule has 0 aliphatic rings. The number of methoxy groups -OCH3 is 1. The van der Waals surface area contributed by atoms with Crippen molar-refractivity contribution in [3.8, 4) is 5.88 Å². The molecule has 134 valence electrons. The Balaban J connectivity index is 1.94. The molecule has 0 saturated heterocycles. The minimum Gasteiger partial charge on any atom is -0.481 e. The van der Waals surface area contributed by atoms with Gasteiger partial charge in [-0.15, -0.1) is 0 Å². The van der Waals surface area contributed by atoms with E-state index in [2.05, 4.69) is 65.6 Å². The lowest BCUT2D eigenvalue weighted by Crippen LogP contribution is -2.39. The summed E-state index contributed by atoms with van der Waals surface area (Å²) in [5.74, 6) is 1.84. The monoisotopic (exact) mass is 340 g/mol. The van der Waals surface area contributed by atoms with Crippen LogP contribution in [0.4, 0.5) is 0 Å². The zero-order valence-electron chi connectivity index (χ0n) is 15.5. The lowest BCUT2D eigenvalue weighted by Gasteiger charge is -2.16. The van der Waals surface area contributed by atoms with Crippen molar-refractivity contribution in [3.63, 3.8) is 0 Å². The SMILES string of the molecule is CCNC(=NCc1ccc(OC)nc1)NCC(C)c1cccc(C)c1. The van der Waals surface area contributed by atoms with Gasteiger partial charge in [-0.2, -0.15) is 0 Å². The highest BCUT2D eigenvalue weighted by Crippen LogP contribution is 2.15. The van der Waals surface area contributed by atoms with Crippen molar-refractivity contribution in [1.82, 2.24) is 15.6 Å². The van der Waals surface area contributed by atoms with Crippen molar-refractivity contribution in [2.45, 2.75) is 33.2 Å². The summed E-state index contributed by atoms with van der Waals surface area (Å²) in [4.78, 5) is 8.85. The van der Waals surface area contributed by atoms with E-state index < -0.39 is 0 Å². The second kappa shape index (κ2) is 9.67. The molecule has 1 atom stereocenters. The molecular formula is C20H28N4O. The van der Waals surface area contributed by atoms with Crippen LogP contribution in [0.5, 0.6) is 5.88 Å². The van der Waals surface area contributed by atoms with Crippen molar-refractivity contribution in [2.75, 3.05) is 20.2 Å². The van der Waals surface area contributed by atoms with Crippen LogP contribution in [0, 0.1) is 6.92 Å². The molecule has 5 heteroatoms. The Bertz CT molecular complexity index is 682. The summed E-state index contributed by atoms with van der Waals surface area (Å²) in [5, 5.41) is 6.71. The molecule has 0 aliphatic carbocycles. The van der Waals surface area contributed by atoms with E-state index in [1.807, 2.05) is 12.1 Å². The molecule has 1 aromatic heterocycles. The first-order chi connectivity index (χ1) is 12.1. The number of rotatable bonds is 7. The number of pyridine rings is 1. The van der Waals surface area contributed by atoms with Gasteiger partial charge in [-0.3, -0.25) is 0 Å². The summed E-state index contributed by atoms with van der Waals surface area (Å²) >= 11 is 0. The molecule has 0 saturated carbocycles. The van der Waals surface area contributed by atoms with Gasteiger partial charge >= 0.3 is 0 Å². The fraction of sp³-hybridized carbons (Fsp3) is 0.400. The number of ether oxygens (including phenoxy) is 1. The summed E-state index contributed by atoms with van der Waals surface area (Å²) in [6, 6.07) is 12.5. The Morgan fingerprint density at radius 1 is 1.24 bits per heavy atom. The Morgan fingerprint density at radius 3 is 2.72 bits per heavy atom. The molecule has 0 bridgehead atoms. The fourth-order valence-electron chi connectivity index (χ4n) is 2.48. The average Bonchev–Trinajstić information content (AvgIpc) is 2.64. The maximum atomic E-state index is 5.08. The van der Waals surface area contributed by atoms with Crippen LogP contribution in [-0.2, 0) is 6.54 Å². The highest BCUT2D eigenvalue weighted by Gasteiger charge is 2.07. The Morgan fingerprint density at radius 2 is 2.08 bits per heavy atom. The molecule has 0 fully saturated rings. The van der Waals surface area contributed by atoms with Crippen LogP contribution in [0.1, 0.15) is 36.5 Å². The van der Waals surface area contributed by atoms with Crippen LogP contribution in [0.2, 0.25) is 0 Å². The lowest BCUT2D eigenvalue weighted by molar-refractivity contribution is 0.397. The van der Waals surface area contributed by atoms with Crippen molar-refractivity contribution in [2.24, 2.45) is 4.99 Å². The van der Waals surface area contributed by atoms with Crippen molar-refractivity contribution in [3.05, 3.63) is 59.3 Å². The van der Waals surface area contributed by atoms with Gasteiger partial charge in [0.25, 0.3) is 0 Å². The summed E-state index contributed by atoms with van der Waals surface area (Å²) < 4.78 is 5.08. The van der Waals surface area contributed by atoms with Crippen LogP contribution in [0.25, 0.3) is 0 Å². The van der Waals surface area contributed by atoms with Crippen LogP contribution >= 0.6 is 0 Å². The first-order valence-corrected chi connectivity index (χ1v) is 8.70. The number of guanidine groups is 1. The van der Waals surface area contributed by atoms with Gasteiger partial charge in [0.2, 0.25) is 5.88 Å². The molecule has 0 aliphatic heterocycles. The quantitative estimate of drug-likeness (QED) is 0.600. The summed E-state index contributed by atoms with van der Waals surface area (Å²) in [5.41, 5.74) is 3.67. The van der Waals surface area contributed by atoms with Gasteiger partial charge in [-0.25, -0.2) is 9.98 Å². The maximum absolute atomic E-state index is 5.08. The third-order valence-electron chi connectivity index (χ3n) is 3.96. The van der Waals surface area contributed by atoms with Gasteiger partial charge in [0.15, 0.2) is 5.96 Å². The van der Waals surface area contributed by atoms with Crippen molar-refractivity contribution < 1.29 is 4.74 Å². The number of hydrogen-bond acceptors (Lipinski definition) is 3. The third-order valence-corrected chi connectivity index (χ3v) is 3.96. The Kier molecular flexibility index (Phi) is 7.26. The van der Waals surface area contributed by atoms with Crippen molar-refractivity contribution in [1.29, 1.82) is 0 Å². The van der Waals surface area contributed by atoms with E-state index in [0.29, 0.717) is 18.3 Å². The molecule has 2 aromatic rings. The number of aliphatic imine (C=N–C) groups is 1. The number of hydrogen-bond donors (Lipinski definition) is 2. The standard InChI is InChI=1S/C20H28N4O/c1-5-21-20(24-14-17-9-10-19(25-4)22-13-17)23-12-16(3)18-8-6-7-15(2)11-18/h6-11,13,16H,5,12,14H2,1-4H3,(H2,21,23,24). The van der Waals surface area contributed by atoms with Crippen LogP contribution in [0.15, 0.2) is 47.6 Å². The predicted octanol–water partition coefficient (Wildman–Crippen LogP) is 3.26. The van der Waals surface area contributed by atoms with Gasteiger partial charge in [0.1, 0.15) is 0 Å². The lowest BCUT2D eigenvalue weighted by atomic mass is 9.99. The molecule has 25 heavy (non-hydrogen) atoms. The molecule has 2 N–H and O–H groups in total.